The van der Waals surface area contributed by atoms with Gasteiger partial charge in [0.1, 0.15) is 0 Å². The molecule has 0 radical (unpaired) electrons. The van der Waals surface area contributed by atoms with Crippen LogP contribution in [0.4, 0.5) is 5.69 Å². The summed E-state index contributed by atoms with van der Waals surface area (Å²) in [7, 11) is 0. The molecule has 0 bridgehead atoms. The highest BCUT2D eigenvalue weighted by atomic mass is 32.2. The third-order valence-electron chi connectivity index (χ3n) is 4.19. The minimum absolute atomic E-state index is 0.228. The summed E-state index contributed by atoms with van der Waals surface area (Å²) in [4.78, 5) is 28.2. The Balaban J connectivity index is 2.04. The summed E-state index contributed by atoms with van der Waals surface area (Å²) in [5, 5.41) is 0. The topological polar surface area (TPSA) is 46.6 Å². The minimum atomic E-state index is -0.891. The third-order valence-corrected chi connectivity index (χ3v) is 5.23. The lowest BCUT2D eigenvalue weighted by atomic mass is 10.0. The lowest BCUT2D eigenvalue weighted by molar-refractivity contribution is -0.147. The van der Waals surface area contributed by atoms with Crippen molar-refractivity contribution in [1.82, 2.24) is 0 Å². The van der Waals surface area contributed by atoms with Crippen molar-refractivity contribution in [2.75, 3.05) is 17.3 Å². The zero-order chi connectivity index (χ0) is 18.5. The van der Waals surface area contributed by atoms with Gasteiger partial charge in [0.15, 0.2) is 5.92 Å². The van der Waals surface area contributed by atoms with Gasteiger partial charge in [0, 0.05) is 16.2 Å². The second-order valence-corrected chi connectivity index (χ2v) is 6.95. The molecule has 0 aromatic heterocycles. The van der Waals surface area contributed by atoms with Gasteiger partial charge in [-0.15, -0.1) is 18.3 Å². The van der Waals surface area contributed by atoms with Crippen molar-refractivity contribution in [2.45, 2.75) is 24.3 Å². The minimum Gasteiger partial charge on any atom is -0.465 e. The van der Waals surface area contributed by atoms with Crippen LogP contribution in [0.3, 0.4) is 0 Å². The van der Waals surface area contributed by atoms with E-state index >= 15 is 0 Å². The number of fused-ring (bicyclic) bond motifs is 1. The Bertz CT molecular complexity index is 819. The molecule has 4 nitrogen and oxygen atoms in total. The Kier molecular flexibility index (Phi) is 5.78. The number of amides is 1. The fraction of sp³-hybridized carbons (Fsp3) is 0.238. The molecule has 3 rings (SSSR count). The number of ether oxygens (including phenoxy) is 1. The summed E-state index contributed by atoms with van der Waals surface area (Å²) < 4.78 is 5.16. The van der Waals surface area contributed by atoms with E-state index in [0.29, 0.717) is 6.54 Å². The number of benzene rings is 2. The fourth-order valence-corrected chi connectivity index (χ4v) is 3.94. The number of anilines is 1. The maximum Gasteiger partial charge on any atom is 0.323 e. The molecule has 1 unspecified atom stereocenters. The molecular weight excluding hydrogens is 346 g/mol. The molecule has 1 amide bonds. The molecule has 2 aromatic rings. The molecular formula is C21H21NO3S. The smallest absolute Gasteiger partial charge is 0.323 e. The van der Waals surface area contributed by atoms with Crippen LogP contribution in [0.2, 0.25) is 0 Å². The number of carbonyl (C=O) groups is 2. The second kappa shape index (κ2) is 8.23. The second-order valence-electron chi connectivity index (χ2n) is 5.89. The summed E-state index contributed by atoms with van der Waals surface area (Å²) in [6.07, 6.45) is 1.82. The molecule has 0 saturated heterocycles. The first-order chi connectivity index (χ1) is 12.7. The van der Waals surface area contributed by atoms with Crippen LogP contribution in [0.5, 0.6) is 0 Å². The van der Waals surface area contributed by atoms with Gasteiger partial charge in [0.25, 0.3) is 0 Å². The largest absolute Gasteiger partial charge is 0.465 e. The van der Waals surface area contributed by atoms with E-state index in [1.165, 1.54) is 0 Å². The molecule has 5 heteroatoms. The van der Waals surface area contributed by atoms with Crippen molar-refractivity contribution >= 4 is 29.3 Å². The van der Waals surface area contributed by atoms with Crippen LogP contribution in [-0.4, -0.2) is 24.2 Å². The number of esters is 1. The van der Waals surface area contributed by atoms with E-state index in [-0.39, 0.29) is 12.5 Å². The quantitative estimate of drug-likeness (QED) is 0.319. The van der Waals surface area contributed by atoms with Crippen LogP contribution in [0.15, 0.2) is 66.1 Å². The molecule has 1 aliphatic rings. The van der Waals surface area contributed by atoms with Gasteiger partial charge in [-0.25, -0.2) is 0 Å². The molecule has 0 aliphatic carbocycles. The highest BCUT2D eigenvalue weighted by Gasteiger charge is 2.44. The SMILES string of the molecule is C=CCSc1cccc2c1N(Cc1ccccc1)C(=O)C2C(=O)OCC. The van der Waals surface area contributed by atoms with Crippen molar-refractivity contribution in [2.24, 2.45) is 0 Å². The molecule has 1 atom stereocenters. The van der Waals surface area contributed by atoms with Crippen LogP contribution in [0.25, 0.3) is 0 Å². The zero-order valence-corrected chi connectivity index (χ0v) is 15.5. The highest BCUT2D eigenvalue weighted by molar-refractivity contribution is 7.99. The van der Waals surface area contributed by atoms with Crippen LogP contribution in [-0.2, 0) is 20.9 Å². The van der Waals surface area contributed by atoms with E-state index in [9.17, 15) is 9.59 Å². The van der Waals surface area contributed by atoms with E-state index in [0.717, 1.165) is 27.5 Å². The first-order valence-electron chi connectivity index (χ1n) is 8.56. The first kappa shape index (κ1) is 18.3. The molecule has 2 aromatic carbocycles. The number of hydrogen-bond donors (Lipinski definition) is 0. The van der Waals surface area contributed by atoms with Crippen molar-refractivity contribution < 1.29 is 14.3 Å². The lowest BCUT2D eigenvalue weighted by Gasteiger charge is -2.20. The van der Waals surface area contributed by atoms with Gasteiger partial charge in [-0.2, -0.15) is 0 Å². The van der Waals surface area contributed by atoms with E-state index in [2.05, 4.69) is 6.58 Å². The van der Waals surface area contributed by atoms with Gasteiger partial charge < -0.3 is 9.64 Å². The van der Waals surface area contributed by atoms with Gasteiger partial charge in [0.05, 0.1) is 18.8 Å². The third kappa shape index (κ3) is 3.53. The zero-order valence-electron chi connectivity index (χ0n) is 14.7. The van der Waals surface area contributed by atoms with Crippen molar-refractivity contribution in [1.29, 1.82) is 0 Å². The predicted molar refractivity (Wildman–Crippen MR) is 104 cm³/mol. The Hall–Kier alpha value is -2.53. The van der Waals surface area contributed by atoms with Crippen LogP contribution in [0, 0.1) is 0 Å². The van der Waals surface area contributed by atoms with Crippen molar-refractivity contribution in [3.05, 3.63) is 72.3 Å². The Labute approximate surface area is 157 Å². The molecule has 134 valence electrons. The summed E-state index contributed by atoms with van der Waals surface area (Å²) in [5.74, 6) is -0.875. The van der Waals surface area contributed by atoms with E-state index in [1.54, 1.807) is 23.6 Å². The number of hydrogen-bond acceptors (Lipinski definition) is 4. The molecule has 1 heterocycles. The number of thioether (sulfide) groups is 1. The summed E-state index contributed by atoms with van der Waals surface area (Å²) >= 11 is 1.61. The maximum atomic E-state index is 13.1. The summed E-state index contributed by atoms with van der Waals surface area (Å²) in [5.41, 5.74) is 2.55. The molecule has 1 aliphatic heterocycles. The summed E-state index contributed by atoms with van der Waals surface area (Å²) in [6.45, 7) is 6.19. The Morgan fingerprint density at radius 3 is 2.69 bits per heavy atom. The number of nitrogens with zero attached hydrogens (tertiary/aromatic N) is 1. The summed E-state index contributed by atoms with van der Waals surface area (Å²) in [6, 6.07) is 15.5. The Morgan fingerprint density at radius 2 is 2.00 bits per heavy atom. The van der Waals surface area contributed by atoms with Crippen LogP contribution < -0.4 is 4.90 Å². The molecule has 0 N–H and O–H groups in total. The van der Waals surface area contributed by atoms with E-state index in [1.807, 2.05) is 54.6 Å². The van der Waals surface area contributed by atoms with E-state index in [4.69, 9.17) is 4.74 Å². The maximum absolute atomic E-state index is 13.1. The first-order valence-corrected chi connectivity index (χ1v) is 9.54. The van der Waals surface area contributed by atoms with Gasteiger partial charge >= 0.3 is 5.97 Å². The van der Waals surface area contributed by atoms with Gasteiger partial charge in [-0.3, -0.25) is 9.59 Å². The van der Waals surface area contributed by atoms with Crippen molar-refractivity contribution in [3.63, 3.8) is 0 Å². The van der Waals surface area contributed by atoms with Crippen LogP contribution in [0.1, 0.15) is 24.0 Å². The molecule has 0 fully saturated rings. The van der Waals surface area contributed by atoms with Crippen LogP contribution >= 0.6 is 11.8 Å². The molecule has 0 saturated carbocycles. The standard InChI is InChI=1S/C21H21NO3S/c1-3-13-26-17-12-8-11-16-18(21(24)25-4-2)20(23)22(19(16)17)14-15-9-6-5-7-10-15/h3,5-12,18H,1,4,13-14H2,2H3. The average Bonchev–Trinajstić information content (AvgIpc) is 2.93. The normalized spacial score (nSPS) is 15.7. The van der Waals surface area contributed by atoms with Gasteiger partial charge in [-0.1, -0.05) is 48.5 Å². The lowest BCUT2D eigenvalue weighted by Crippen LogP contribution is -2.32. The number of rotatable bonds is 7. The number of para-hydroxylation sites is 1. The van der Waals surface area contributed by atoms with E-state index < -0.39 is 11.9 Å². The Morgan fingerprint density at radius 1 is 1.23 bits per heavy atom. The molecule has 26 heavy (non-hydrogen) atoms. The fourth-order valence-electron chi connectivity index (χ4n) is 3.10. The average molecular weight is 367 g/mol. The van der Waals surface area contributed by atoms with Gasteiger partial charge in [-0.05, 0) is 18.6 Å². The van der Waals surface area contributed by atoms with Gasteiger partial charge in [0.2, 0.25) is 5.91 Å². The highest BCUT2D eigenvalue weighted by Crippen LogP contribution is 2.44. The number of carbonyl (C=O) groups excluding carboxylic acids is 2. The predicted octanol–water partition coefficient (Wildman–Crippen LogP) is 4.16. The molecule has 0 spiro atoms. The monoisotopic (exact) mass is 367 g/mol. The van der Waals surface area contributed by atoms with Crippen molar-refractivity contribution in [3.8, 4) is 0 Å².